The van der Waals surface area contributed by atoms with Crippen LogP contribution in [0.1, 0.15) is 10.4 Å². The molecule has 0 radical (unpaired) electrons. The molecule has 0 saturated heterocycles. The van der Waals surface area contributed by atoms with Gasteiger partial charge in [-0.1, -0.05) is 0 Å². The van der Waals surface area contributed by atoms with Crippen LogP contribution in [0.2, 0.25) is 0 Å². The average molecular weight is 310 g/mol. The predicted octanol–water partition coefficient (Wildman–Crippen LogP) is 3.27. The molecule has 1 N–H and O–H groups in total. The molecular weight excluding hydrogens is 307 g/mol. The van der Waals surface area contributed by atoms with Crippen molar-refractivity contribution in [3.63, 3.8) is 0 Å². The Bertz CT molecular complexity index is 443. The molecule has 0 aromatic carbocycles. The Hall–Kier alpha value is -0.140. The van der Waals surface area contributed by atoms with Crippen molar-refractivity contribution in [2.45, 2.75) is 0 Å². The monoisotopic (exact) mass is 310 g/mol. The Balaban J connectivity index is 2.83. The zero-order valence-electron chi connectivity index (χ0n) is 5.70. The molecule has 62 valence electrons. The highest BCUT2D eigenvalue weighted by Crippen LogP contribution is 2.35. The minimum Gasteiger partial charge on any atom is -0.478 e. The normalized spacial score (nSPS) is 10.8. The molecule has 0 fully saturated rings. The molecule has 0 aliphatic rings. The largest absolute Gasteiger partial charge is 0.478 e. The number of hydrogen-bond donors (Lipinski definition) is 1. The molecule has 5 heteroatoms. The lowest BCUT2D eigenvalue weighted by Crippen LogP contribution is -1.93. The van der Waals surface area contributed by atoms with Gasteiger partial charge in [-0.05, 0) is 22.6 Å². The number of aromatic carboxylic acids is 1. The Labute approximate surface area is 90.0 Å². The third-order valence-corrected chi connectivity index (χ3v) is 4.89. The molecule has 2 rings (SSSR count). The molecule has 12 heavy (non-hydrogen) atoms. The number of halogens is 1. The van der Waals surface area contributed by atoms with Gasteiger partial charge in [-0.15, -0.1) is 22.7 Å². The number of rotatable bonds is 1. The van der Waals surface area contributed by atoms with Gasteiger partial charge in [0.25, 0.3) is 0 Å². The lowest BCUT2D eigenvalue weighted by molar-refractivity contribution is 0.0699. The van der Waals surface area contributed by atoms with Crippen molar-refractivity contribution in [1.29, 1.82) is 0 Å². The van der Waals surface area contributed by atoms with Crippen LogP contribution in [0, 0.1) is 3.57 Å². The van der Waals surface area contributed by atoms with Crippen molar-refractivity contribution >= 4 is 60.6 Å². The molecule has 2 aromatic heterocycles. The molecular formula is C7H3IO2S2. The molecule has 0 aliphatic heterocycles. The molecule has 0 saturated carbocycles. The van der Waals surface area contributed by atoms with Crippen LogP contribution in [0.4, 0.5) is 0 Å². The van der Waals surface area contributed by atoms with Crippen LogP contribution in [0.5, 0.6) is 0 Å². The van der Waals surface area contributed by atoms with Crippen molar-refractivity contribution in [3.05, 3.63) is 19.9 Å². The maximum Gasteiger partial charge on any atom is 0.337 e. The highest BCUT2D eigenvalue weighted by Gasteiger charge is 2.14. The van der Waals surface area contributed by atoms with Gasteiger partial charge in [0.1, 0.15) is 0 Å². The maximum absolute atomic E-state index is 10.7. The fraction of sp³-hybridized carbons (Fsp3) is 0. The number of hydrogen-bond acceptors (Lipinski definition) is 3. The fourth-order valence-electron chi connectivity index (χ4n) is 0.975. The lowest BCUT2D eigenvalue weighted by Gasteiger charge is -1.87. The Morgan fingerprint density at radius 3 is 2.75 bits per heavy atom. The van der Waals surface area contributed by atoms with E-state index < -0.39 is 5.97 Å². The van der Waals surface area contributed by atoms with Crippen LogP contribution in [-0.4, -0.2) is 11.1 Å². The van der Waals surface area contributed by atoms with Crippen molar-refractivity contribution in [2.75, 3.05) is 0 Å². The third kappa shape index (κ3) is 1.16. The average Bonchev–Trinajstić information content (AvgIpc) is 2.53. The minimum atomic E-state index is -0.836. The summed E-state index contributed by atoms with van der Waals surface area (Å²) in [4.78, 5) is 10.7. The first kappa shape index (κ1) is 8.46. The molecule has 0 spiro atoms. The number of carboxylic acid groups (broad SMARTS) is 1. The zero-order chi connectivity index (χ0) is 8.72. The first-order valence-electron chi connectivity index (χ1n) is 3.07. The van der Waals surface area contributed by atoms with Gasteiger partial charge in [0.2, 0.25) is 0 Å². The van der Waals surface area contributed by atoms with Crippen LogP contribution in [0.25, 0.3) is 9.40 Å². The SMILES string of the molecule is O=C(O)c1csc2scc(I)c12. The van der Waals surface area contributed by atoms with E-state index in [2.05, 4.69) is 22.6 Å². The quantitative estimate of drug-likeness (QED) is 0.821. The van der Waals surface area contributed by atoms with E-state index >= 15 is 0 Å². The van der Waals surface area contributed by atoms with E-state index in [4.69, 9.17) is 5.11 Å². The molecule has 0 bridgehead atoms. The van der Waals surface area contributed by atoms with Crippen molar-refractivity contribution in [1.82, 2.24) is 0 Å². The van der Waals surface area contributed by atoms with E-state index in [0.29, 0.717) is 5.56 Å². The van der Waals surface area contributed by atoms with Crippen molar-refractivity contribution in [2.24, 2.45) is 0 Å². The van der Waals surface area contributed by atoms with E-state index in [1.54, 1.807) is 16.7 Å². The molecule has 2 heterocycles. The summed E-state index contributed by atoms with van der Waals surface area (Å²) >= 11 is 5.26. The Kier molecular flexibility index (Phi) is 2.09. The van der Waals surface area contributed by atoms with Gasteiger partial charge in [-0.2, -0.15) is 0 Å². The zero-order valence-corrected chi connectivity index (χ0v) is 9.50. The summed E-state index contributed by atoms with van der Waals surface area (Å²) in [6.45, 7) is 0. The molecule has 2 aromatic rings. The maximum atomic E-state index is 10.7. The van der Waals surface area contributed by atoms with E-state index in [9.17, 15) is 4.79 Å². The van der Waals surface area contributed by atoms with Crippen LogP contribution in [0.15, 0.2) is 10.8 Å². The first-order valence-corrected chi connectivity index (χ1v) is 5.91. The van der Waals surface area contributed by atoms with Gasteiger partial charge in [-0.3, -0.25) is 0 Å². The molecule has 0 amide bonds. The second kappa shape index (κ2) is 2.97. The first-order chi connectivity index (χ1) is 5.70. The van der Waals surface area contributed by atoms with Crippen LogP contribution in [0.3, 0.4) is 0 Å². The predicted molar refractivity (Wildman–Crippen MR) is 59.4 cm³/mol. The van der Waals surface area contributed by atoms with Crippen LogP contribution >= 0.6 is 45.3 Å². The third-order valence-electron chi connectivity index (χ3n) is 1.50. The van der Waals surface area contributed by atoms with Gasteiger partial charge in [0.15, 0.2) is 0 Å². The van der Waals surface area contributed by atoms with Gasteiger partial charge in [0, 0.05) is 19.7 Å². The molecule has 0 atom stereocenters. The summed E-state index contributed by atoms with van der Waals surface area (Å²) in [7, 11) is 0. The van der Waals surface area contributed by atoms with Crippen molar-refractivity contribution < 1.29 is 9.90 Å². The van der Waals surface area contributed by atoms with E-state index in [1.165, 1.54) is 11.3 Å². The van der Waals surface area contributed by atoms with Gasteiger partial charge in [-0.25, -0.2) is 4.79 Å². The van der Waals surface area contributed by atoms with Gasteiger partial charge in [0.05, 0.1) is 9.58 Å². The van der Waals surface area contributed by atoms with E-state index in [0.717, 1.165) is 13.0 Å². The fourth-order valence-corrected chi connectivity index (χ4v) is 4.24. The summed E-state index contributed by atoms with van der Waals surface area (Å²) < 4.78 is 2.13. The summed E-state index contributed by atoms with van der Waals surface area (Å²) in [6.07, 6.45) is 0. The van der Waals surface area contributed by atoms with Crippen LogP contribution < -0.4 is 0 Å². The topological polar surface area (TPSA) is 37.3 Å². The summed E-state index contributed by atoms with van der Waals surface area (Å²) in [5, 5.41) is 13.4. The number of fused-ring (bicyclic) bond motifs is 1. The Morgan fingerprint density at radius 1 is 1.42 bits per heavy atom. The molecule has 2 nitrogen and oxygen atoms in total. The summed E-state index contributed by atoms with van der Waals surface area (Å²) in [5.41, 5.74) is 0.431. The van der Waals surface area contributed by atoms with E-state index in [1.807, 2.05) is 5.38 Å². The minimum absolute atomic E-state index is 0.431. The second-order valence-corrected chi connectivity index (χ2v) is 5.38. The highest BCUT2D eigenvalue weighted by molar-refractivity contribution is 14.1. The summed E-state index contributed by atoms with van der Waals surface area (Å²) in [6, 6.07) is 0. The molecule has 0 unspecified atom stereocenters. The van der Waals surface area contributed by atoms with E-state index in [-0.39, 0.29) is 0 Å². The number of carboxylic acids is 1. The van der Waals surface area contributed by atoms with Gasteiger partial charge >= 0.3 is 5.97 Å². The lowest BCUT2D eigenvalue weighted by atomic mass is 10.2. The Morgan fingerprint density at radius 2 is 2.08 bits per heavy atom. The second-order valence-electron chi connectivity index (χ2n) is 2.20. The van der Waals surface area contributed by atoms with Crippen molar-refractivity contribution in [3.8, 4) is 0 Å². The standard InChI is InChI=1S/C7H3IO2S2/c8-4-2-12-7-5(4)3(1-11-7)6(9)10/h1-2H,(H,9,10). The highest BCUT2D eigenvalue weighted by atomic mass is 127. The van der Waals surface area contributed by atoms with Crippen LogP contribution in [-0.2, 0) is 0 Å². The smallest absolute Gasteiger partial charge is 0.337 e. The summed E-state index contributed by atoms with van der Waals surface area (Å²) in [5.74, 6) is -0.836. The van der Waals surface area contributed by atoms with Gasteiger partial charge < -0.3 is 5.11 Å². The number of thiophene rings is 2. The molecule has 0 aliphatic carbocycles. The number of carbonyl (C=O) groups is 1.